The van der Waals surface area contributed by atoms with E-state index in [9.17, 15) is 8.78 Å². The summed E-state index contributed by atoms with van der Waals surface area (Å²) in [5.41, 5.74) is 1.90. The van der Waals surface area contributed by atoms with Crippen LogP contribution in [0.15, 0.2) is 51.9 Å². The number of nitrogens with zero attached hydrogens (tertiary/aromatic N) is 2. The molecule has 2 aromatic carbocycles. The lowest BCUT2D eigenvalue weighted by molar-refractivity contribution is 0.302. The average Bonchev–Trinajstić information content (AvgIpc) is 2.70. The maximum atomic E-state index is 14.6. The van der Waals surface area contributed by atoms with Crippen molar-refractivity contribution in [1.29, 1.82) is 0 Å². The fourth-order valence-corrected chi connectivity index (χ4v) is 4.07. The summed E-state index contributed by atoms with van der Waals surface area (Å²) in [7, 11) is 0. The van der Waals surface area contributed by atoms with Gasteiger partial charge in [-0.25, -0.2) is 18.2 Å². The van der Waals surface area contributed by atoms with Crippen molar-refractivity contribution in [3.05, 3.63) is 70.8 Å². The SMILES string of the molecule is CSN=CN=Cc1cc(F)c(CC2CCCCC2c2ccccc2)cc1F. The zero-order valence-electron chi connectivity index (χ0n) is 15.4. The first-order valence-electron chi connectivity index (χ1n) is 9.30. The highest BCUT2D eigenvalue weighted by Crippen LogP contribution is 2.40. The smallest absolute Gasteiger partial charge is 0.132 e. The monoisotopic (exact) mass is 386 g/mol. The van der Waals surface area contributed by atoms with Crippen molar-refractivity contribution in [3.8, 4) is 0 Å². The topological polar surface area (TPSA) is 24.7 Å². The van der Waals surface area contributed by atoms with Gasteiger partial charge in [-0.3, -0.25) is 0 Å². The first kappa shape index (κ1) is 19.7. The van der Waals surface area contributed by atoms with Crippen molar-refractivity contribution in [2.45, 2.75) is 38.0 Å². The van der Waals surface area contributed by atoms with Gasteiger partial charge in [-0.1, -0.05) is 43.2 Å². The minimum atomic E-state index is -0.445. The van der Waals surface area contributed by atoms with Gasteiger partial charge in [0.2, 0.25) is 0 Å². The molecular formula is C22H24F2N2S. The van der Waals surface area contributed by atoms with E-state index in [2.05, 4.69) is 33.7 Å². The zero-order chi connectivity index (χ0) is 19.1. The number of hydrogen-bond acceptors (Lipinski definition) is 2. The van der Waals surface area contributed by atoms with E-state index in [0.29, 0.717) is 23.8 Å². The molecule has 0 spiro atoms. The third-order valence-corrected chi connectivity index (χ3v) is 5.52. The van der Waals surface area contributed by atoms with E-state index in [1.165, 1.54) is 48.6 Å². The summed E-state index contributed by atoms with van der Waals surface area (Å²) in [6.45, 7) is 0. The quantitative estimate of drug-likeness (QED) is 0.329. The highest BCUT2D eigenvalue weighted by molar-refractivity contribution is 7.97. The van der Waals surface area contributed by atoms with Crippen LogP contribution in [-0.2, 0) is 6.42 Å². The van der Waals surface area contributed by atoms with Gasteiger partial charge in [0.1, 0.15) is 18.0 Å². The lowest BCUT2D eigenvalue weighted by Gasteiger charge is -2.32. The molecule has 3 rings (SSSR count). The molecule has 2 nitrogen and oxygen atoms in total. The molecule has 1 aliphatic carbocycles. The van der Waals surface area contributed by atoms with Crippen LogP contribution in [0.4, 0.5) is 8.78 Å². The van der Waals surface area contributed by atoms with Gasteiger partial charge in [0.25, 0.3) is 0 Å². The minimum Gasteiger partial charge on any atom is -0.243 e. The Hall–Kier alpha value is -2.01. The van der Waals surface area contributed by atoms with Gasteiger partial charge >= 0.3 is 0 Å². The Morgan fingerprint density at radius 1 is 1.07 bits per heavy atom. The first-order valence-corrected chi connectivity index (χ1v) is 10.5. The Morgan fingerprint density at radius 3 is 2.63 bits per heavy atom. The molecule has 0 heterocycles. The predicted octanol–water partition coefficient (Wildman–Crippen LogP) is 6.21. The van der Waals surface area contributed by atoms with Crippen molar-refractivity contribution in [2.75, 3.05) is 6.26 Å². The largest absolute Gasteiger partial charge is 0.243 e. The predicted molar refractivity (Wildman–Crippen MR) is 111 cm³/mol. The second-order valence-corrected chi connectivity index (χ2v) is 7.49. The summed E-state index contributed by atoms with van der Waals surface area (Å²) in [4.78, 5) is 3.89. The van der Waals surface area contributed by atoms with Crippen LogP contribution in [0.2, 0.25) is 0 Å². The summed E-state index contributed by atoms with van der Waals surface area (Å²) in [5.74, 6) is -0.0634. The first-order chi connectivity index (χ1) is 13.2. The standard InChI is InChI=1S/C22H24F2N2S/c1-27-26-15-25-14-19-13-21(23)18(12-22(19)24)11-17-9-5-6-10-20(17)16-7-3-2-4-8-16/h2-4,7-8,12-15,17,20H,5-6,9-11H2,1H3. The molecule has 0 radical (unpaired) electrons. The molecule has 0 aliphatic heterocycles. The maximum absolute atomic E-state index is 14.6. The lowest BCUT2D eigenvalue weighted by Crippen LogP contribution is -2.20. The van der Waals surface area contributed by atoms with Gasteiger partial charge < -0.3 is 0 Å². The Balaban J connectivity index is 1.78. The molecule has 1 aliphatic rings. The van der Waals surface area contributed by atoms with Crippen LogP contribution in [0.3, 0.4) is 0 Å². The number of halogens is 2. The molecule has 27 heavy (non-hydrogen) atoms. The average molecular weight is 387 g/mol. The van der Waals surface area contributed by atoms with Crippen molar-refractivity contribution < 1.29 is 8.78 Å². The van der Waals surface area contributed by atoms with E-state index in [0.717, 1.165) is 19.3 Å². The maximum Gasteiger partial charge on any atom is 0.132 e. The fraction of sp³-hybridized carbons (Fsp3) is 0.364. The highest BCUT2D eigenvalue weighted by atomic mass is 32.2. The number of rotatable bonds is 6. The molecule has 0 N–H and O–H groups in total. The lowest BCUT2D eigenvalue weighted by atomic mass is 9.73. The molecule has 0 amide bonds. The van der Waals surface area contributed by atoms with E-state index < -0.39 is 5.82 Å². The zero-order valence-corrected chi connectivity index (χ0v) is 16.3. The van der Waals surface area contributed by atoms with E-state index in [-0.39, 0.29) is 11.4 Å². The van der Waals surface area contributed by atoms with Crippen molar-refractivity contribution in [1.82, 2.24) is 0 Å². The molecule has 0 saturated heterocycles. The Morgan fingerprint density at radius 2 is 1.85 bits per heavy atom. The van der Waals surface area contributed by atoms with E-state index in [1.54, 1.807) is 6.26 Å². The molecule has 0 aromatic heterocycles. The van der Waals surface area contributed by atoms with Gasteiger partial charge in [-0.2, -0.15) is 0 Å². The van der Waals surface area contributed by atoms with Gasteiger partial charge in [0, 0.05) is 18.0 Å². The van der Waals surface area contributed by atoms with Crippen LogP contribution in [0, 0.1) is 17.6 Å². The molecule has 0 bridgehead atoms. The summed E-state index contributed by atoms with van der Waals surface area (Å²) in [6.07, 6.45) is 9.49. The molecule has 2 atom stereocenters. The van der Waals surface area contributed by atoms with Crippen LogP contribution < -0.4 is 0 Å². The van der Waals surface area contributed by atoms with Gasteiger partial charge in [0.05, 0.1) is 0 Å². The summed E-state index contributed by atoms with van der Waals surface area (Å²) < 4.78 is 32.9. The Bertz CT molecular complexity index is 805. The fourth-order valence-electron chi connectivity index (χ4n) is 3.92. The molecule has 2 unspecified atom stereocenters. The van der Waals surface area contributed by atoms with Crippen molar-refractivity contribution in [2.24, 2.45) is 15.3 Å². The summed E-state index contributed by atoms with van der Waals surface area (Å²) in [5, 5.41) is 0. The van der Waals surface area contributed by atoms with Crippen molar-refractivity contribution >= 4 is 24.5 Å². The Labute approximate surface area is 164 Å². The molecule has 1 fully saturated rings. The van der Waals surface area contributed by atoms with Crippen LogP contribution >= 0.6 is 11.9 Å². The van der Waals surface area contributed by atoms with Crippen LogP contribution in [0.25, 0.3) is 0 Å². The number of aliphatic imine (C=N–C) groups is 1. The van der Waals surface area contributed by atoms with Crippen LogP contribution in [-0.4, -0.2) is 18.8 Å². The molecule has 5 heteroatoms. The van der Waals surface area contributed by atoms with E-state index in [4.69, 9.17) is 0 Å². The van der Waals surface area contributed by atoms with Gasteiger partial charge in [0.15, 0.2) is 0 Å². The summed E-state index contributed by atoms with van der Waals surface area (Å²) in [6, 6.07) is 13.0. The van der Waals surface area contributed by atoms with E-state index >= 15 is 0 Å². The third-order valence-electron chi connectivity index (χ3n) is 5.22. The van der Waals surface area contributed by atoms with E-state index in [1.807, 2.05) is 6.07 Å². The molecule has 142 valence electrons. The second-order valence-electron chi connectivity index (χ2n) is 6.91. The van der Waals surface area contributed by atoms with Gasteiger partial charge in [-0.15, -0.1) is 0 Å². The second kappa shape index (κ2) is 9.79. The summed E-state index contributed by atoms with van der Waals surface area (Å²) >= 11 is 1.25. The van der Waals surface area contributed by atoms with Crippen LogP contribution in [0.1, 0.15) is 48.3 Å². The number of benzene rings is 2. The number of hydrogen-bond donors (Lipinski definition) is 0. The van der Waals surface area contributed by atoms with Crippen LogP contribution in [0.5, 0.6) is 0 Å². The highest BCUT2D eigenvalue weighted by Gasteiger charge is 2.27. The Kier molecular flexibility index (Phi) is 7.16. The van der Waals surface area contributed by atoms with Gasteiger partial charge in [-0.05, 0) is 66.3 Å². The molecular weight excluding hydrogens is 362 g/mol. The minimum absolute atomic E-state index is 0.145. The normalized spacial score (nSPS) is 20.6. The molecule has 1 saturated carbocycles. The van der Waals surface area contributed by atoms with Crippen molar-refractivity contribution in [3.63, 3.8) is 0 Å². The molecule has 2 aromatic rings. The third kappa shape index (κ3) is 5.25.